The fraction of sp³-hybridized carbons (Fsp3) is 0.900. The Morgan fingerprint density at radius 3 is 2.05 bits per heavy atom. The van der Waals surface area contributed by atoms with Gasteiger partial charge in [-0.05, 0) is 12.3 Å². The van der Waals surface area contributed by atoms with Crippen molar-refractivity contribution in [1.82, 2.24) is 4.90 Å². The van der Waals surface area contributed by atoms with Crippen LogP contribution < -0.4 is 5.73 Å². The minimum absolute atomic E-state index is 0.0423. The van der Waals surface area contributed by atoms with Gasteiger partial charge in [0.15, 0.2) is 0 Å². The van der Waals surface area contributed by atoms with E-state index in [-0.39, 0.29) is 25.4 Å². The normalized spacial score (nSPS) is 25.8. The van der Waals surface area contributed by atoms with Gasteiger partial charge in [0.2, 0.25) is 11.8 Å². The summed E-state index contributed by atoms with van der Waals surface area (Å²) in [5, 5.41) is 0. The van der Waals surface area contributed by atoms with E-state index in [2.05, 4.69) is 0 Å². The first-order chi connectivity index (χ1) is 8.44. The molecule has 1 amide bonds. The van der Waals surface area contributed by atoms with E-state index >= 15 is 0 Å². The second-order valence-corrected chi connectivity index (χ2v) is 4.73. The van der Waals surface area contributed by atoms with E-state index in [4.69, 9.17) is 5.73 Å². The standard InChI is InChI=1S/C10H14F6N2O/c1-5-2-3-18(4-6(5)17)8(19)7(9(11,12)13)10(14,15)16/h5-7H,2-4,17H2,1H3. The summed E-state index contributed by atoms with van der Waals surface area (Å²) in [6.45, 7) is 1.30. The van der Waals surface area contributed by atoms with E-state index in [0.29, 0.717) is 4.90 Å². The molecule has 0 aromatic carbocycles. The van der Waals surface area contributed by atoms with Crippen molar-refractivity contribution in [1.29, 1.82) is 0 Å². The number of likely N-dealkylation sites (tertiary alicyclic amines) is 1. The van der Waals surface area contributed by atoms with Gasteiger partial charge < -0.3 is 10.6 Å². The van der Waals surface area contributed by atoms with Crippen LogP contribution in [0.2, 0.25) is 0 Å². The van der Waals surface area contributed by atoms with Gasteiger partial charge in [-0.1, -0.05) is 6.92 Å². The van der Waals surface area contributed by atoms with Crippen LogP contribution in [0.15, 0.2) is 0 Å². The van der Waals surface area contributed by atoms with Crippen LogP contribution in [0.25, 0.3) is 0 Å². The molecule has 1 aliphatic rings. The van der Waals surface area contributed by atoms with Gasteiger partial charge >= 0.3 is 12.4 Å². The third kappa shape index (κ3) is 3.74. The van der Waals surface area contributed by atoms with Gasteiger partial charge in [-0.25, -0.2) is 0 Å². The SMILES string of the molecule is CC1CCN(C(=O)C(C(F)(F)F)C(F)(F)F)CC1N. The predicted molar refractivity (Wildman–Crippen MR) is 53.9 cm³/mol. The summed E-state index contributed by atoms with van der Waals surface area (Å²) in [7, 11) is 0. The summed E-state index contributed by atoms with van der Waals surface area (Å²) < 4.78 is 74.4. The highest BCUT2D eigenvalue weighted by Crippen LogP contribution is 2.40. The first-order valence-corrected chi connectivity index (χ1v) is 5.62. The molecule has 1 fully saturated rings. The van der Waals surface area contributed by atoms with Gasteiger partial charge in [0, 0.05) is 19.1 Å². The molecule has 0 bridgehead atoms. The van der Waals surface area contributed by atoms with Crippen LogP contribution >= 0.6 is 0 Å². The largest absolute Gasteiger partial charge is 0.409 e. The molecule has 0 aliphatic carbocycles. The summed E-state index contributed by atoms with van der Waals surface area (Å²) >= 11 is 0. The van der Waals surface area contributed by atoms with Gasteiger partial charge in [0.1, 0.15) is 0 Å². The lowest BCUT2D eigenvalue weighted by molar-refractivity contribution is -0.278. The number of rotatable bonds is 1. The van der Waals surface area contributed by atoms with Gasteiger partial charge in [0.25, 0.3) is 0 Å². The molecule has 0 aromatic rings. The smallest absolute Gasteiger partial charge is 0.340 e. The predicted octanol–water partition coefficient (Wildman–Crippen LogP) is 1.92. The molecule has 0 spiro atoms. The van der Waals surface area contributed by atoms with E-state index in [1.54, 1.807) is 6.92 Å². The molecule has 2 N–H and O–H groups in total. The van der Waals surface area contributed by atoms with Crippen molar-refractivity contribution in [2.75, 3.05) is 13.1 Å². The van der Waals surface area contributed by atoms with Gasteiger partial charge in [-0.15, -0.1) is 0 Å². The van der Waals surface area contributed by atoms with Crippen LogP contribution in [0.1, 0.15) is 13.3 Å². The van der Waals surface area contributed by atoms with E-state index < -0.39 is 30.2 Å². The highest BCUT2D eigenvalue weighted by Gasteiger charge is 2.62. The Morgan fingerprint density at radius 2 is 1.68 bits per heavy atom. The summed E-state index contributed by atoms with van der Waals surface area (Å²) in [5.74, 6) is -5.98. The molecular weight excluding hydrogens is 278 g/mol. The summed E-state index contributed by atoms with van der Waals surface area (Å²) in [5.41, 5.74) is 5.57. The second-order valence-electron chi connectivity index (χ2n) is 4.73. The minimum atomic E-state index is -5.65. The second kappa shape index (κ2) is 5.18. The maximum absolute atomic E-state index is 12.4. The van der Waals surface area contributed by atoms with Gasteiger partial charge in [-0.3, -0.25) is 4.79 Å². The number of amides is 1. The lowest BCUT2D eigenvalue weighted by atomic mass is 9.93. The summed E-state index contributed by atoms with van der Waals surface area (Å²) in [6.07, 6.45) is -11.0. The molecule has 3 nitrogen and oxygen atoms in total. The third-order valence-corrected chi connectivity index (χ3v) is 3.23. The molecule has 9 heteroatoms. The fourth-order valence-electron chi connectivity index (χ4n) is 1.95. The van der Waals surface area contributed by atoms with Crippen molar-refractivity contribution < 1.29 is 31.1 Å². The number of carbonyl (C=O) groups is 1. The van der Waals surface area contributed by atoms with Crippen molar-refractivity contribution >= 4 is 5.91 Å². The molecule has 0 aromatic heterocycles. The molecule has 1 saturated heterocycles. The number of nitrogens with zero attached hydrogens (tertiary/aromatic N) is 1. The van der Waals surface area contributed by atoms with Crippen LogP contribution in [0.5, 0.6) is 0 Å². The Kier molecular flexibility index (Phi) is 4.38. The molecule has 1 heterocycles. The number of hydrogen-bond donors (Lipinski definition) is 1. The Labute approximate surface area is 105 Å². The van der Waals surface area contributed by atoms with Crippen LogP contribution in [-0.2, 0) is 4.79 Å². The monoisotopic (exact) mass is 292 g/mol. The highest BCUT2D eigenvalue weighted by atomic mass is 19.4. The first-order valence-electron chi connectivity index (χ1n) is 5.62. The van der Waals surface area contributed by atoms with Gasteiger partial charge in [0.05, 0.1) is 0 Å². The zero-order valence-electron chi connectivity index (χ0n) is 10.1. The van der Waals surface area contributed by atoms with Crippen LogP contribution in [-0.4, -0.2) is 42.3 Å². The molecule has 1 rings (SSSR count). The van der Waals surface area contributed by atoms with E-state index in [9.17, 15) is 31.1 Å². The number of carbonyl (C=O) groups excluding carboxylic acids is 1. The van der Waals surface area contributed by atoms with Crippen molar-refractivity contribution in [3.05, 3.63) is 0 Å². The zero-order valence-corrected chi connectivity index (χ0v) is 10.1. The lowest BCUT2D eigenvalue weighted by Gasteiger charge is -2.37. The van der Waals surface area contributed by atoms with Crippen molar-refractivity contribution in [3.8, 4) is 0 Å². The molecule has 1 aliphatic heterocycles. The molecule has 0 radical (unpaired) electrons. The topological polar surface area (TPSA) is 46.3 Å². The maximum Gasteiger partial charge on any atom is 0.409 e. The number of halogens is 6. The zero-order chi connectivity index (χ0) is 15.0. The average Bonchev–Trinajstić information content (AvgIpc) is 2.17. The van der Waals surface area contributed by atoms with E-state index in [1.165, 1.54) is 0 Å². The fourth-order valence-corrected chi connectivity index (χ4v) is 1.95. The van der Waals surface area contributed by atoms with Gasteiger partial charge in [-0.2, -0.15) is 26.3 Å². The van der Waals surface area contributed by atoms with Crippen LogP contribution in [0, 0.1) is 11.8 Å². The number of piperidine rings is 1. The van der Waals surface area contributed by atoms with Crippen molar-refractivity contribution in [2.45, 2.75) is 31.7 Å². The Balaban J connectivity index is 2.90. The number of nitrogens with two attached hydrogens (primary N) is 1. The van der Waals surface area contributed by atoms with E-state index in [1.807, 2.05) is 0 Å². The minimum Gasteiger partial charge on any atom is -0.340 e. The Bertz CT molecular complexity index is 326. The average molecular weight is 292 g/mol. The van der Waals surface area contributed by atoms with Crippen LogP contribution in [0.4, 0.5) is 26.3 Å². The molecule has 19 heavy (non-hydrogen) atoms. The van der Waals surface area contributed by atoms with Crippen molar-refractivity contribution in [3.63, 3.8) is 0 Å². The Hall–Kier alpha value is -0.990. The third-order valence-electron chi connectivity index (χ3n) is 3.23. The molecular formula is C10H14F6N2O. The van der Waals surface area contributed by atoms with Crippen molar-refractivity contribution in [2.24, 2.45) is 17.6 Å². The number of alkyl halides is 6. The molecule has 0 saturated carbocycles. The molecule has 2 atom stereocenters. The molecule has 112 valence electrons. The summed E-state index contributed by atoms with van der Waals surface area (Å²) in [6, 6.07) is -0.611. The van der Waals surface area contributed by atoms with Crippen LogP contribution in [0.3, 0.4) is 0 Å². The number of hydrogen-bond acceptors (Lipinski definition) is 2. The van der Waals surface area contributed by atoms with E-state index in [0.717, 1.165) is 0 Å². The maximum atomic E-state index is 12.4. The highest BCUT2D eigenvalue weighted by molar-refractivity contribution is 5.80. The Morgan fingerprint density at radius 1 is 1.21 bits per heavy atom. The summed E-state index contributed by atoms with van der Waals surface area (Å²) in [4.78, 5) is 12.0. The lowest BCUT2D eigenvalue weighted by Crippen LogP contribution is -2.55. The quantitative estimate of drug-likeness (QED) is 0.751. The first kappa shape index (κ1) is 16.1. The molecule has 2 unspecified atom stereocenters.